The Morgan fingerprint density at radius 2 is 1.43 bits per heavy atom. The van der Waals surface area contributed by atoms with E-state index in [1.807, 2.05) is 60.5 Å². The molecule has 1 fully saturated rings. The highest BCUT2D eigenvalue weighted by Crippen LogP contribution is 2.30. The number of likely N-dealkylation sites (tertiary alicyclic amines) is 1. The smallest absolute Gasteiger partial charge is 0.245 e. The summed E-state index contributed by atoms with van der Waals surface area (Å²) in [5, 5.41) is 8.85. The first-order valence-corrected chi connectivity index (χ1v) is 24.7. The van der Waals surface area contributed by atoms with Crippen LogP contribution >= 0.6 is 0 Å². The van der Waals surface area contributed by atoms with E-state index in [0.29, 0.717) is 37.1 Å². The van der Waals surface area contributed by atoms with Gasteiger partial charge in [-0.1, -0.05) is 79.2 Å². The maximum Gasteiger partial charge on any atom is 0.245 e. The van der Waals surface area contributed by atoms with Crippen LogP contribution in [0.15, 0.2) is 53.4 Å². The van der Waals surface area contributed by atoms with Gasteiger partial charge in [0.05, 0.1) is 47.6 Å². The van der Waals surface area contributed by atoms with Gasteiger partial charge in [0.15, 0.2) is 9.84 Å². The number of anilines is 1. The number of benzene rings is 2. The van der Waals surface area contributed by atoms with Crippen LogP contribution in [-0.2, 0) is 56.2 Å². The van der Waals surface area contributed by atoms with Crippen molar-refractivity contribution in [2.24, 2.45) is 23.7 Å². The van der Waals surface area contributed by atoms with Crippen molar-refractivity contribution in [2.45, 2.75) is 134 Å². The maximum absolute atomic E-state index is 14.4. The van der Waals surface area contributed by atoms with E-state index < -0.39 is 70.0 Å². The number of hydrogen-bond donors (Lipinski definition) is 4. The summed E-state index contributed by atoms with van der Waals surface area (Å²) in [6.07, 6.45) is 1.67. The molecule has 0 spiro atoms. The van der Waals surface area contributed by atoms with Crippen LogP contribution in [0.25, 0.3) is 0 Å². The molecule has 5 N–H and O–H groups in total. The van der Waals surface area contributed by atoms with Crippen molar-refractivity contribution in [1.29, 1.82) is 0 Å². The Hall–Kier alpha value is -4.58. The summed E-state index contributed by atoms with van der Waals surface area (Å²) in [5.74, 6) is -2.69. The molecule has 0 aromatic heterocycles. The molecule has 2 aromatic carbocycles. The molecule has 0 aliphatic carbocycles. The fraction of sp³-hybridized carbons (Fsp3) is 0.646. The number of sulfone groups is 1. The third kappa shape index (κ3) is 15.0. The van der Waals surface area contributed by atoms with Crippen LogP contribution in [0.3, 0.4) is 0 Å². The van der Waals surface area contributed by atoms with Crippen LogP contribution in [0.1, 0.15) is 85.3 Å². The van der Waals surface area contributed by atoms with Gasteiger partial charge in [-0.15, -0.1) is 0 Å². The summed E-state index contributed by atoms with van der Waals surface area (Å²) >= 11 is 0. The lowest BCUT2D eigenvalue weighted by Crippen LogP contribution is -2.59. The zero-order chi connectivity index (χ0) is 48.9. The predicted octanol–water partition coefficient (Wildman–Crippen LogP) is 3.66. The van der Waals surface area contributed by atoms with Crippen LogP contribution < -0.4 is 21.7 Å². The van der Waals surface area contributed by atoms with Gasteiger partial charge >= 0.3 is 0 Å². The van der Waals surface area contributed by atoms with Crippen LogP contribution in [0.5, 0.6) is 0 Å². The van der Waals surface area contributed by atoms with E-state index in [1.54, 1.807) is 60.2 Å². The molecule has 17 heteroatoms. The zero-order valence-electron chi connectivity index (χ0n) is 40.9. The van der Waals surface area contributed by atoms with E-state index in [0.717, 1.165) is 11.8 Å². The summed E-state index contributed by atoms with van der Waals surface area (Å²) in [7, 11) is 4.97. The van der Waals surface area contributed by atoms with Gasteiger partial charge in [0, 0.05) is 52.7 Å². The molecule has 0 unspecified atom stereocenters. The SMILES string of the molecule is CC[C@H](C)[C@@H]([C@@H](CC(=O)N1CCC[C@H]1[C@H](OC)[C@@H](C)C(=O)N[C@@H](Cc1ccc(S(C)(=O)=O)cc1)C(=O)NCc1ccc(N)cc1)OC)N(C)C(=O)[C@@H](NC(=O)[C@H](C(C)C)N(C)C)C(C)C. The number of rotatable bonds is 24. The number of ether oxygens (including phenoxy) is 2. The minimum atomic E-state index is -3.45. The first-order valence-electron chi connectivity index (χ1n) is 22.8. The number of carbonyl (C=O) groups is 5. The largest absolute Gasteiger partial charge is 0.399 e. The minimum Gasteiger partial charge on any atom is -0.399 e. The molecular weight excluding hydrogens is 851 g/mol. The average molecular weight is 928 g/mol. The molecule has 364 valence electrons. The van der Waals surface area contributed by atoms with Gasteiger partial charge in [-0.3, -0.25) is 28.9 Å². The van der Waals surface area contributed by atoms with E-state index in [-0.39, 0.29) is 59.8 Å². The van der Waals surface area contributed by atoms with Gasteiger partial charge in [0.1, 0.15) is 12.1 Å². The highest BCUT2D eigenvalue weighted by molar-refractivity contribution is 7.90. The maximum atomic E-state index is 14.4. The number of likely N-dealkylation sites (N-methyl/N-ethyl adjacent to an activating group) is 2. The summed E-state index contributed by atoms with van der Waals surface area (Å²) in [6, 6.07) is 9.98. The second kappa shape index (κ2) is 24.8. The summed E-state index contributed by atoms with van der Waals surface area (Å²) in [4.78, 5) is 75.6. The van der Waals surface area contributed by atoms with E-state index in [2.05, 4.69) is 16.0 Å². The van der Waals surface area contributed by atoms with Crippen LogP contribution in [-0.4, -0.2) is 143 Å². The van der Waals surface area contributed by atoms with E-state index in [9.17, 15) is 32.4 Å². The highest BCUT2D eigenvalue weighted by atomic mass is 32.2. The molecule has 1 heterocycles. The number of nitrogen functional groups attached to an aromatic ring is 1. The molecular formula is C48H77N7O9S. The molecule has 1 saturated heterocycles. The summed E-state index contributed by atoms with van der Waals surface area (Å²) < 4.78 is 36.3. The number of methoxy groups -OCH3 is 2. The van der Waals surface area contributed by atoms with Crippen molar-refractivity contribution in [3.8, 4) is 0 Å². The van der Waals surface area contributed by atoms with E-state index in [1.165, 1.54) is 26.4 Å². The van der Waals surface area contributed by atoms with Gasteiger partial charge in [-0.05, 0) is 80.1 Å². The van der Waals surface area contributed by atoms with Crippen molar-refractivity contribution in [3.05, 3.63) is 59.7 Å². The molecule has 1 aliphatic heterocycles. The van der Waals surface area contributed by atoms with Gasteiger partial charge < -0.3 is 41.0 Å². The van der Waals surface area contributed by atoms with Crippen molar-refractivity contribution < 1.29 is 41.9 Å². The quantitative estimate of drug-likeness (QED) is 0.112. The summed E-state index contributed by atoms with van der Waals surface area (Å²) in [5.41, 5.74) is 7.86. The second-order valence-electron chi connectivity index (χ2n) is 18.6. The Balaban J connectivity index is 1.83. The molecule has 65 heavy (non-hydrogen) atoms. The Labute approximate surface area is 388 Å². The van der Waals surface area contributed by atoms with E-state index >= 15 is 0 Å². The van der Waals surface area contributed by atoms with Gasteiger partial charge in [0.25, 0.3) is 0 Å². The van der Waals surface area contributed by atoms with Gasteiger partial charge in [-0.2, -0.15) is 0 Å². The third-order valence-corrected chi connectivity index (χ3v) is 13.9. The molecule has 0 bridgehead atoms. The molecule has 2 aromatic rings. The van der Waals surface area contributed by atoms with E-state index in [4.69, 9.17) is 15.2 Å². The molecule has 5 amide bonds. The predicted molar refractivity (Wildman–Crippen MR) is 253 cm³/mol. The minimum absolute atomic E-state index is 0.0159. The van der Waals surface area contributed by atoms with Crippen molar-refractivity contribution >= 4 is 45.1 Å². The zero-order valence-corrected chi connectivity index (χ0v) is 41.7. The number of amides is 5. The topological polar surface area (TPSA) is 210 Å². The lowest BCUT2D eigenvalue weighted by Gasteiger charge is -2.41. The molecule has 3 rings (SSSR count). The van der Waals surface area contributed by atoms with Crippen molar-refractivity contribution in [3.63, 3.8) is 0 Å². The fourth-order valence-electron chi connectivity index (χ4n) is 8.98. The lowest BCUT2D eigenvalue weighted by atomic mass is 9.89. The van der Waals surface area contributed by atoms with Crippen molar-refractivity contribution in [2.75, 3.05) is 53.9 Å². The fourth-order valence-corrected chi connectivity index (χ4v) is 9.61. The monoisotopic (exact) mass is 928 g/mol. The summed E-state index contributed by atoms with van der Waals surface area (Å²) in [6.45, 7) is 14.1. The lowest BCUT2D eigenvalue weighted by molar-refractivity contribution is -0.148. The first kappa shape index (κ1) is 54.8. The third-order valence-electron chi connectivity index (χ3n) is 12.8. The Morgan fingerprint density at radius 3 is 1.94 bits per heavy atom. The standard InChI is InChI=1S/C48H77N7O9S/c1-14-31(6)43(54(10)48(60)41(29(2)3)52-47(59)42(30(4)5)53(8)9)39(63-11)27-40(56)55-25-15-16-38(55)44(64-12)32(7)45(57)51-37(26-33-19-23-36(24-20-33)65(13,61)62)46(58)50-28-34-17-21-35(49)22-18-34/h17-24,29-32,37-39,41-44H,14-16,25-28,49H2,1-13H3,(H,50,58)(H,51,57)(H,52,59)/t31-,32+,37-,38-,39+,41-,42-,43-,44+/m0/s1. The van der Waals surface area contributed by atoms with Crippen LogP contribution in [0, 0.1) is 23.7 Å². The Kier molecular flexibility index (Phi) is 20.9. The Morgan fingerprint density at radius 1 is 0.831 bits per heavy atom. The first-order chi connectivity index (χ1) is 30.5. The average Bonchev–Trinajstić information content (AvgIpc) is 3.73. The number of nitrogens with two attached hydrogens (primary N) is 1. The van der Waals surface area contributed by atoms with Gasteiger partial charge in [-0.25, -0.2) is 8.42 Å². The molecule has 1 aliphatic rings. The molecule has 0 radical (unpaired) electrons. The normalized spacial score (nSPS) is 18.0. The molecule has 0 saturated carbocycles. The van der Waals surface area contributed by atoms with Gasteiger partial charge in [0.2, 0.25) is 29.5 Å². The molecule has 9 atom stereocenters. The van der Waals surface area contributed by atoms with Crippen LogP contribution in [0.2, 0.25) is 0 Å². The second-order valence-corrected chi connectivity index (χ2v) is 20.6. The van der Waals surface area contributed by atoms with Crippen molar-refractivity contribution in [1.82, 2.24) is 30.7 Å². The Bertz CT molecular complexity index is 1990. The number of carbonyl (C=O) groups excluding carboxylic acids is 5. The van der Waals surface area contributed by atoms with Crippen LogP contribution in [0.4, 0.5) is 5.69 Å². The highest BCUT2D eigenvalue weighted by Gasteiger charge is 2.43. The number of nitrogens with one attached hydrogen (secondary N) is 3. The number of hydrogen-bond acceptors (Lipinski definition) is 11. The number of nitrogens with zero attached hydrogens (tertiary/aromatic N) is 3. The molecule has 16 nitrogen and oxygen atoms in total.